The van der Waals surface area contributed by atoms with Crippen LogP contribution in [-0.4, -0.2) is 32.9 Å². The Kier molecular flexibility index (Phi) is 4.94. The van der Waals surface area contributed by atoms with Crippen molar-refractivity contribution in [3.8, 4) is 0 Å². The Morgan fingerprint density at radius 3 is 3.05 bits per heavy atom. The molecule has 0 fully saturated rings. The van der Waals surface area contributed by atoms with Crippen LogP contribution in [0, 0.1) is 0 Å². The Hall–Kier alpha value is -2.35. The molecule has 0 aromatic carbocycles. The quantitative estimate of drug-likeness (QED) is 0.442. The number of amides is 1. The van der Waals surface area contributed by atoms with Crippen molar-refractivity contribution in [2.24, 2.45) is 5.84 Å². The van der Waals surface area contributed by atoms with Gasteiger partial charge in [0.2, 0.25) is 5.91 Å². The van der Waals surface area contributed by atoms with Crippen LogP contribution >= 0.6 is 0 Å². The van der Waals surface area contributed by atoms with E-state index in [0.717, 1.165) is 6.42 Å². The molecule has 2 rings (SSSR count). The van der Waals surface area contributed by atoms with Crippen LogP contribution in [0.25, 0.3) is 5.65 Å². The summed E-state index contributed by atoms with van der Waals surface area (Å²) in [6.45, 7) is 4.50. The van der Waals surface area contributed by atoms with Gasteiger partial charge in [0.1, 0.15) is 0 Å². The van der Waals surface area contributed by atoms with Crippen molar-refractivity contribution < 1.29 is 4.79 Å². The summed E-state index contributed by atoms with van der Waals surface area (Å²) in [6, 6.07) is 0.194. The van der Waals surface area contributed by atoms with Crippen molar-refractivity contribution in [3.05, 3.63) is 18.6 Å². The van der Waals surface area contributed by atoms with Gasteiger partial charge >= 0.3 is 0 Å². The van der Waals surface area contributed by atoms with E-state index in [1.165, 1.54) is 0 Å². The number of anilines is 2. The first-order valence-corrected chi connectivity index (χ1v) is 6.97. The maximum Gasteiger partial charge on any atom is 0.221 e. The molecule has 1 amide bonds. The Balaban J connectivity index is 1.97. The van der Waals surface area contributed by atoms with Gasteiger partial charge < -0.3 is 20.5 Å². The summed E-state index contributed by atoms with van der Waals surface area (Å²) in [4.78, 5) is 20.2. The third-order valence-electron chi connectivity index (χ3n) is 3.19. The number of carbonyl (C=O) groups is 1. The van der Waals surface area contributed by atoms with Gasteiger partial charge in [0.15, 0.2) is 17.3 Å². The lowest BCUT2D eigenvalue weighted by Crippen LogP contribution is -2.33. The molecular formula is C13H21N7O. The summed E-state index contributed by atoms with van der Waals surface area (Å²) in [5, 5.41) is 6.04. The molecule has 0 aliphatic carbocycles. The average Bonchev–Trinajstić information content (AvgIpc) is 2.95. The van der Waals surface area contributed by atoms with Crippen molar-refractivity contribution in [1.29, 1.82) is 0 Å². The lowest BCUT2D eigenvalue weighted by Gasteiger charge is -2.12. The first-order chi connectivity index (χ1) is 10.1. The zero-order valence-corrected chi connectivity index (χ0v) is 12.3. The van der Waals surface area contributed by atoms with Gasteiger partial charge in [0, 0.05) is 31.4 Å². The van der Waals surface area contributed by atoms with Crippen LogP contribution in [0.1, 0.15) is 26.7 Å². The summed E-state index contributed by atoms with van der Waals surface area (Å²) < 4.78 is 1.81. The van der Waals surface area contributed by atoms with E-state index < -0.39 is 0 Å². The fourth-order valence-electron chi connectivity index (χ4n) is 1.86. The Bertz CT molecular complexity index is 610. The molecule has 1 unspecified atom stereocenters. The number of nitrogens with one attached hydrogen (secondary N) is 3. The molecule has 2 heterocycles. The average molecular weight is 291 g/mol. The van der Waals surface area contributed by atoms with E-state index >= 15 is 0 Å². The van der Waals surface area contributed by atoms with Crippen molar-refractivity contribution in [1.82, 2.24) is 19.7 Å². The number of carbonyl (C=O) groups excluding carboxylic acids is 1. The number of aromatic nitrogens is 3. The SMILES string of the molecule is CCC(C)NC(=O)CCNc1nc(NN)cn2ccnc12. The summed E-state index contributed by atoms with van der Waals surface area (Å²) in [7, 11) is 0. The number of rotatable bonds is 7. The highest BCUT2D eigenvalue weighted by molar-refractivity contribution is 5.77. The van der Waals surface area contributed by atoms with Gasteiger partial charge in [-0.25, -0.2) is 15.8 Å². The maximum atomic E-state index is 11.7. The summed E-state index contributed by atoms with van der Waals surface area (Å²) in [6.07, 6.45) is 6.51. The van der Waals surface area contributed by atoms with E-state index in [1.807, 2.05) is 18.2 Å². The number of nitrogens with zero attached hydrogens (tertiary/aromatic N) is 3. The van der Waals surface area contributed by atoms with Crippen molar-refractivity contribution in [2.75, 3.05) is 17.3 Å². The first-order valence-electron chi connectivity index (χ1n) is 6.97. The molecule has 0 bridgehead atoms. The van der Waals surface area contributed by atoms with Crippen LogP contribution in [0.3, 0.4) is 0 Å². The summed E-state index contributed by atoms with van der Waals surface area (Å²) in [5.74, 6) is 6.52. The smallest absolute Gasteiger partial charge is 0.221 e. The number of fused-ring (bicyclic) bond motifs is 1. The highest BCUT2D eigenvalue weighted by Gasteiger charge is 2.09. The number of nitrogens with two attached hydrogens (primary N) is 1. The zero-order valence-electron chi connectivity index (χ0n) is 12.3. The largest absolute Gasteiger partial charge is 0.366 e. The normalized spacial score (nSPS) is 12.1. The predicted octanol–water partition coefficient (Wildman–Crippen LogP) is 0.732. The lowest BCUT2D eigenvalue weighted by atomic mass is 10.2. The molecule has 0 spiro atoms. The predicted molar refractivity (Wildman–Crippen MR) is 81.8 cm³/mol. The highest BCUT2D eigenvalue weighted by atomic mass is 16.1. The van der Waals surface area contributed by atoms with Crippen LogP contribution in [0.5, 0.6) is 0 Å². The second kappa shape index (κ2) is 6.89. The monoisotopic (exact) mass is 291 g/mol. The molecule has 21 heavy (non-hydrogen) atoms. The Labute approximate surface area is 123 Å². The third-order valence-corrected chi connectivity index (χ3v) is 3.19. The zero-order chi connectivity index (χ0) is 15.2. The Morgan fingerprint density at radius 2 is 2.33 bits per heavy atom. The van der Waals surface area contributed by atoms with Crippen LogP contribution in [0.4, 0.5) is 11.6 Å². The highest BCUT2D eigenvalue weighted by Crippen LogP contribution is 2.15. The van der Waals surface area contributed by atoms with Crippen molar-refractivity contribution in [2.45, 2.75) is 32.7 Å². The van der Waals surface area contributed by atoms with E-state index in [-0.39, 0.29) is 11.9 Å². The molecule has 0 aliphatic rings. The fourth-order valence-corrected chi connectivity index (χ4v) is 1.86. The maximum absolute atomic E-state index is 11.7. The molecular weight excluding hydrogens is 270 g/mol. The van der Waals surface area contributed by atoms with E-state index in [9.17, 15) is 4.79 Å². The van der Waals surface area contributed by atoms with Crippen LogP contribution < -0.4 is 21.9 Å². The molecule has 2 aromatic rings. The van der Waals surface area contributed by atoms with Gasteiger partial charge in [-0.2, -0.15) is 0 Å². The number of imidazole rings is 1. The molecule has 2 aromatic heterocycles. The molecule has 8 heteroatoms. The number of hydrogen-bond acceptors (Lipinski definition) is 6. The van der Waals surface area contributed by atoms with Gasteiger partial charge in [-0.15, -0.1) is 0 Å². The van der Waals surface area contributed by atoms with Gasteiger partial charge in [-0.05, 0) is 13.3 Å². The van der Waals surface area contributed by atoms with Gasteiger partial charge in [0.25, 0.3) is 0 Å². The third kappa shape index (κ3) is 3.82. The van der Waals surface area contributed by atoms with Crippen molar-refractivity contribution in [3.63, 3.8) is 0 Å². The molecule has 5 N–H and O–H groups in total. The lowest BCUT2D eigenvalue weighted by molar-refractivity contribution is -0.121. The molecule has 0 saturated heterocycles. The standard InChI is InChI=1S/C13H21N7O/c1-3-9(2)17-11(21)4-5-15-12-13-16-6-7-20(13)8-10(18-12)19-14/h6-9,19H,3-5,14H2,1-2H3,(H,15,18)(H,17,21). The molecule has 0 saturated carbocycles. The van der Waals surface area contributed by atoms with Gasteiger partial charge in [0.05, 0.1) is 6.20 Å². The summed E-state index contributed by atoms with van der Waals surface area (Å²) in [5.41, 5.74) is 3.19. The van der Waals surface area contributed by atoms with Crippen LogP contribution in [0.15, 0.2) is 18.6 Å². The van der Waals surface area contributed by atoms with E-state index in [2.05, 4.69) is 26.0 Å². The van der Waals surface area contributed by atoms with Crippen molar-refractivity contribution >= 4 is 23.2 Å². The van der Waals surface area contributed by atoms with Gasteiger partial charge in [-0.3, -0.25) is 4.79 Å². The summed E-state index contributed by atoms with van der Waals surface area (Å²) >= 11 is 0. The van der Waals surface area contributed by atoms with Gasteiger partial charge in [-0.1, -0.05) is 6.92 Å². The number of hydrazine groups is 1. The molecule has 0 aliphatic heterocycles. The molecule has 114 valence electrons. The molecule has 0 radical (unpaired) electrons. The second-order valence-corrected chi connectivity index (χ2v) is 4.83. The minimum atomic E-state index is 0.0179. The topological polar surface area (TPSA) is 109 Å². The number of hydrogen-bond donors (Lipinski definition) is 4. The molecule has 8 nitrogen and oxygen atoms in total. The van der Waals surface area contributed by atoms with E-state index in [4.69, 9.17) is 5.84 Å². The fraction of sp³-hybridized carbons (Fsp3) is 0.462. The second-order valence-electron chi connectivity index (χ2n) is 4.83. The minimum Gasteiger partial charge on any atom is -0.366 e. The Morgan fingerprint density at radius 1 is 1.52 bits per heavy atom. The minimum absolute atomic E-state index is 0.0179. The van der Waals surface area contributed by atoms with E-state index in [0.29, 0.717) is 30.2 Å². The number of nitrogen functional groups attached to an aromatic ring is 1. The molecule has 1 atom stereocenters. The van der Waals surface area contributed by atoms with Crippen LogP contribution in [0.2, 0.25) is 0 Å². The first kappa shape index (κ1) is 15.0. The van der Waals surface area contributed by atoms with Crippen LogP contribution in [-0.2, 0) is 4.79 Å². The van der Waals surface area contributed by atoms with E-state index in [1.54, 1.807) is 18.6 Å².